The first-order valence-electron chi connectivity index (χ1n) is 20.6. The molecule has 0 aliphatic rings. The maximum Gasteiger partial charge on any atom is 0.255 e. The van der Waals surface area contributed by atoms with Crippen LogP contribution in [0.2, 0.25) is 0 Å². The van der Waals surface area contributed by atoms with Crippen LogP contribution in [-0.2, 0) is 55.2 Å². The van der Waals surface area contributed by atoms with E-state index >= 15 is 0 Å². The van der Waals surface area contributed by atoms with Crippen molar-refractivity contribution in [3.05, 3.63) is 224 Å². The summed E-state index contributed by atoms with van der Waals surface area (Å²) in [6.07, 6.45) is 4.48. The minimum atomic E-state index is -0.388. The summed E-state index contributed by atoms with van der Waals surface area (Å²) >= 11 is 0. The van der Waals surface area contributed by atoms with Gasteiger partial charge in [-0.3, -0.25) is 9.59 Å². The van der Waals surface area contributed by atoms with Crippen molar-refractivity contribution in [1.82, 2.24) is 19.8 Å². The van der Waals surface area contributed by atoms with Gasteiger partial charge in [0.05, 0.1) is 11.1 Å². The first-order chi connectivity index (χ1) is 30.1. The molecular weight excluding hydrogens is 1140 g/mol. The Morgan fingerprint density at radius 3 is 1.20 bits per heavy atom. The van der Waals surface area contributed by atoms with Crippen molar-refractivity contribution in [3.8, 4) is 11.4 Å². The zero-order chi connectivity index (χ0) is 44.4. The monoisotopic (exact) mass is 1190 g/mol. The maximum absolute atomic E-state index is 12.9. The Labute approximate surface area is 403 Å². The number of aromatic nitrogens is 2. The van der Waals surface area contributed by atoms with Crippen molar-refractivity contribution in [1.29, 1.82) is 0 Å². The molecule has 0 saturated carbocycles. The molecule has 6 aromatic carbocycles. The van der Waals surface area contributed by atoms with E-state index in [1.165, 1.54) is 6.42 Å². The molecule has 0 atom stereocenters. The number of hydrogen-bond acceptors (Lipinski definition) is 5. The number of nitrogens with one attached hydrogen (secondary N) is 2. The quantitative estimate of drug-likeness (QED) is 0.131. The number of rotatable bonds is 8. The van der Waals surface area contributed by atoms with Crippen LogP contribution in [0.5, 0.6) is 0 Å². The number of aryl methyl sites for hydroxylation is 2. The number of fused-ring (bicyclic) bond motifs is 2. The number of pyridine rings is 2. The van der Waals surface area contributed by atoms with E-state index < -0.39 is 0 Å². The minimum Gasteiger partial charge on any atom is -0.397 e. The molecule has 3 N–H and O–H groups in total. The molecule has 0 bridgehead atoms. The number of benzene rings is 6. The molecular formula is C53H52N4O5W2-2. The topological polar surface area (TPSA) is 122 Å². The summed E-state index contributed by atoms with van der Waals surface area (Å²) in [6, 6.07) is 51.5. The van der Waals surface area contributed by atoms with Gasteiger partial charge < -0.3 is 34.5 Å². The Morgan fingerprint density at radius 1 is 0.547 bits per heavy atom. The van der Waals surface area contributed by atoms with E-state index in [0.717, 1.165) is 44.7 Å². The molecule has 328 valence electrons. The van der Waals surface area contributed by atoms with Crippen molar-refractivity contribution >= 4 is 33.6 Å². The summed E-state index contributed by atoms with van der Waals surface area (Å²) in [4.78, 5) is 51.4. The van der Waals surface area contributed by atoms with Crippen molar-refractivity contribution in [2.75, 3.05) is 6.61 Å². The molecule has 0 saturated heterocycles. The summed E-state index contributed by atoms with van der Waals surface area (Å²) in [5.74, 6) is -0.776. The number of carbonyl (C=O) groups is 2. The number of para-hydroxylation sites is 2. The van der Waals surface area contributed by atoms with E-state index in [1.807, 2.05) is 144 Å². The molecule has 0 aliphatic carbocycles. The van der Waals surface area contributed by atoms with E-state index in [-0.39, 0.29) is 82.5 Å². The Morgan fingerprint density at radius 2 is 0.875 bits per heavy atom. The predicted molar refractivity (Wildman–Crippen MR) is 250 cm³/mol. The molecule has 2 amide bonds. The first kappa shape index (κ1) is 52.4. The van der Waals surface area contributed by atoms with Crippen LogP contribution in [-0.4, -0.2) is 32.7 Å². The zero-order valence-electron chi connectivity index (χ0n) is 36.6. The third kappa shape index (κ3) is 14.0. The molecule has 9 nitrogen and oxygen atoms in total. The van der Waals surface area contributed by atoms with E-state index in [2.05, 4.69) is 36.6 Å². The Balaban J connectivity index is 0.000000295. The SMILES string of the molecule is CCC.CCO.Cc1ccc(CNC(=O)c2cn(-c3ccccc3)c3cc[c-]cc3c2=O)cc1.Cc1ccc(CNC(=O)c2cn(-c3ccccc3)c3cc[c-]cc3c2=O)cc1.[W].[W]. The summed E-state index contributed by atoms with van der Waals surface area (Å²) in [5, 5.41) is 14.2. The van der Waals surface area contributed by atoms with Crippen LogP contribution < -0.4 is 21.5 Å². The van der Waals surface area contributed by atoms with Gasteiger partial charge in [-0.25, -0.2) is 0 Å². The summed E-state index contributed by atoms with van der Waals surface area (Å²) in [6.45, 7) is 10.9. The average Bonchev–Trinajstić information content (AvgIpc) is 3.30. The van der Waals surface area contributed by atoms with Crippen LogP contribution in [0.1, 0.15) is 70.2 Å². The van der Waals surface area contributed by atoms with Gasteiger partial charge >= 0.3 is 0 Å². The van der Waals surface area contributed by atoms with E-state index in [0.29, 0.717) is 23.9 Å². The fourth-order valence-electron chi connectivity index (χ4n) is 6.33. The van der Waals surface area contributed by atoms with Gasteiger partial charge in [0.2, 0.25) is 0 Å². The molecule has 0 radical (unpaired) electrons. The number of nitrogens with zero attached hydrogens (tertiary/aromatic N) is 2. The fraction of sp³-hybridized carbons (Fsp3) is 0.170. The molecule has 8 rings (SSSR count). The maximum atomic E-state index is 12.9. The van der Waals surface area contributed by atoms with Gasteiger partial charge in [-0.05, 0) is 56.2 Å². The van der Waals surface area contributed by atoms with Crippen LogP contribution in [0.25, 0.3) is 33.2 Å². The standard InChI is InChI=1S/2C24H19N2O2.C3H8.C2H6O.2W/c2*1-17-11-13-18(14-12-17)15-25-24(28)21-16-26(19-7-3-2-4-8-19)22-10-6-5-9-20(22)23(21)27;1-3-2;1-2-3;;/h2*2-4,6-14,16H,15H2,1H3,(H,25,28);3H2,1-2H3;3H,2H2,1H3;;/q2*-1;;;;. The van der Waals surface area contributed by atoms with Crippen LogP contribution in [0.15, 0.2) is 168 Å². The van der Waals surface area contributed by atoms with Crippen molar-refractivity contribution in [2.45, 2.75) is 54.1 Å². The molecule has 0 unspecified atom stereocenters. The molecule has 11 heteroatoms. The molecule has 0 aliphatic heterocycles. The summed E-state index contributed by atoms with van der Waals surface area (Å²) in [5.41, 5.74) is 7.17. The fourth-order valence-corrected chi connectivity index (χ4v) is 6.33. The Hall–Kier alpha value is -5.98. The normalized spacial score (nSPS) is 9.97. The summed E-state index contributed by atoms with van der Waals surface area (Å²) in [7, 11) is 0. The van der Waals surface area contributed by atoms with Crippen LogP contribution in [0.3, 0.4) is 0 Å². The Bertz CT molecular complexity index is 2630. The second-order valence-corrected chi connectivity index (χ2v) is 14.4. The number of aliphatic hydroxyl groups is 1. The third-order valence-corrected chi connectivity index (χ3v) is 9.40. The number of carbonyl (C=O) groups excluding carboxylic acids is 2. The van der Waals surface area contributed by atoms with Crippen LogP contribution in [0, 0.1) is 26.0 Å². The number of aliphatic hydroxyl groups excluding tert-OH is 1. The molecule has 0 fully saturated rings. The third-order valence-electron chi connectivity index (χ3n) is 9.40. The predicted octanol–water partition coefficient (Wildman–Crippen LogP) is 9.47. The van der Waals surface area contributed by atoms with Gasteiger partial charge in [0.15, 0.2) is 0 Å². The zero-order valence-corrected chi connectivity index (χ0v) is 42.5. The largest absolute Gasteiger partial charge is 0.397 e. The number of hydrogen-bond donors (Lipinski definition) is 3. The average molecular weight is 1190 g/mol. The molecule has 64 heavy (non-hydrogen) atoms. The van der Waals surface area contributed by atoms with Gasteiger partial charge in [-0.1, -0.05) is 138 Å². The first-order valence-corrected chi connectivity index (χ1v) is 20.6. The van der Waals surface area contributed by atoms with Gasteiger partial charge in [-0.15, -0.1) is 12.1 Å². The second kappa shape index (κ2) is 26.6. The molecule has 8 aromatic rings. The van der Waals surface area contributed by atoms with Crippen LogP contribution in [0.4, 0.5) is 0 Å². The number of amides is 2. The molecule has 2 heterocycles. The van der Waals surface area contributed by atoms with Gasteiger partial charge in [-0.2, -0.15) is 36.4 Å². The van der Waals surface area contributed by atoms with Gasteiger partial charge in [0.25, 0.3) is 11.8 Å². The van der Waals surface area contributed by atoms with Gasteiger partial charge in [0.1, 0.15) is 10.9 Å². The van der Waals surface area contributed by atoms with E-state index in [4.69, 9.17) is 5.11 Å². The van der Waals surface area contributed by atoms with Crippen molar-refractivity contribution in [3.63, 3.8) is 0 Å². The van der Waals surface area contributed by atoms with Crippen LogP contribution >= 0.6 is 0 Å². The molecule has 2 aromatic heterocycles. The van der Waals surface area contributed by atoms with E-state index in [9.17, 15) is 19.2 Å². The van der Waals surface area contributed by atoms with Crippen molar-refractivity contribution < 1.29 is 56.8 Å². The van der Waals surface area contributed by atoms with E-state index in [1.54, 1.807) is 43.6 Å². The second-order valence-electron chi connectivity index (χ2n) is 14.4. The Kier molecular flexibility index (Phi) is 21.8. The smallest absolute Gasteiger partial charge is 0.255 e. The minimum absolute atomic E-state index is 0. The molecule has 0 spiro atoms. The summed E-state index contributed by atoms with van der Waals surface area (Å²) < 4.78 is 3.73. The van der Waals surface area contributed by atoms with Crippen molar-refractivity contribution in [2.24, 2.45) is 0 Å². The van der Waals surface area contributed by atoms with Gasteiger partial charge in [0, 0.05) is 85.6 Å².